The van der Waals surface area contributed by atoms with Crippen molar-refractivity contribution < 1.29 is 14.3 Å². The first-order valence-corrected chi connectivity index (χ1v) is 7.56. The molecule has 0 saturated heterocycles. The summed E-state index contributed by atoms with van der Waals surface area (Å²) in [4.78, 5) is 12.8. The van der Waals surface area contributed by atoms with E-state index in [1.165, 1.54) is 0 Å². The highest BCUT2D eigenvalue weighted by atomic mass is 35.5. The van der Waals surface area contributed by atoms with E-state index in [9.17, 15) is 4.79 Å². The summed E-state index contributed by atoms with van der Waals surface area (Å²) < 4.78 is 10.6. The average Bonchev–Trinajstić information content (AvgIpc) is 2.55. The van der Waals surface area contributed by atoms with Crippen molar-refractivity contribution in [2.45, 2.75) is 19.3 Å². The summed E-state index contributed by atoms with van der Waals surface area (Å²) in [6.45, 7) is 3.69. The standard InChI is InChI=1S/C18H20ClNO3/c1-18(2,13-7-5-6-8-15(13)22-3)17(21)20-14-11-12(19)9-10-16(14)23-4/h5-11H,1-4H3,(H,20,21). The SMILES string of the molecule is COc1ccc(Cl)cc1NC(=O)C(C)(C)c1ccccc1OC. The second kappa shape index (κ2) is 6.92. The molecule has 23 heavy (non-hydrogen) atoms. The lowest BCUT2D eigenvalue weighted by Gasteiger charge is -2.26. The normalized spacial score (nSPS) is 11.0. The fourth-order valence-electron chi connectivity index (χ4n) is 2.34. The molecular weight excluding hydrogens is 314 g/mol. The van der Waals surface area contributed by atoms with E-state index >= 15 is 0 Å². The summed E-state index contributed by atoms with van der Waals surface area (Å²) in [5.41, 5.74) is 0.550. The molecule has 0 aliphatic heterocycles. The topological polar surface area (TPSA) is 47.6 Å². The molecule has 4 nitrogen and oxygen atoms in total. The van der Waals surface area contributed by atoms with E-state index in [2.05, 4.69) is 5.32 Å². The van der Waals surface area contributed by atoms with Crippen LogP contribution in [0.4, 0.5) is 5.69 Å². The number of methoxy groups -OCH3 is 2. The monoisotopic (exact) mass is 333 g/mol. The highest BCUT2D eigenvalue weighted by Gasteiger charge is 2.33. The zero-order chi connectivity index (χ0) is 17.0. The number of nitrogens with one attached hydrogen (secondary N) is 1. The smallest absolute Gasteiger partial charge is 0.234 e. The number of carbonyl (C=O) groups excluding carboxylic acids is 1. The van der Waals surface area contributed by atoms with Crippen LogP contribution >= 0.6 is 11.6 Å². The highest BCUT2D eigenvalue weighted by molar-refractivity contribution is 6.31. The first kappa shape index (κ1) is 17.2. The van der Waals surface area contributed by atoms with Crippen molar-refractivity contribution in [2.24, 2.45) is 0 Å². The fraction of sp³-hybridized carbons (Fsp3) is 0.278. The van der Waals surface area contributed by atoms with E-state index in [1.54, 1.807) is 32.4 Å². The van der Waals surface area contributed by atoms with Gasteiger partial charge in [0.15, 0.2) is 0 Å². The van der Waals surface area contributed by atoms with Crippen LogP contribution in [0.15, 0.2) is 42.5 Å². The lowest BCUT2D eigenvalue weighted by Crippen LogP contribution is -2.35. The van der Waals surface area contributed by atoms with Crippen LogP contribution < -0.4 is 14.8 Å². The maximum Gasteiger partial charge on any atom is 0.234 e. The second-order valence-corrected chi connectivity index (χ2v) is 6.06. The van der Waals surface area contributed by atoms with E-state index in [1.807, 2.05) is 38.1 Å². The molecule has 0 aliphatic carbocycles. The summed E-state index contributed by atoms with van der Waals surface area (Å²) in [6.07, 6.45) is 0. The van der Waals surface area contributed by atoms with Gasteiger partial charge in [0.1, 0.15) is 11.5 Å². The Labute approximate surface area is 141 Å². The van der Waals surface area contributed by atoms with Crippen LogP contribution in [-0.2, 0) is 10.2 Å². The Morgan fingerprint density at radius 2 is 1.70 bits per heavy atom. The maximum atomic E-state index is 12.8. The Kier molecular flexibility index (Phi) is 5.16. The summed E-state index contributed by atoms with van der Waals surface area (Å²) >= 11 is 6.01. The Morgan fingerprint density at radius 3 is 2.35 bits per heavy atom. The van der Waals surface area contributed by atoms with Gasteiger partial charge in [-0.05, 0) is 38.1 Å². The second-order valence-electron chi connectivity index (χ2n) is 5.62. The third-order valence-corrected chi connectivity index (χ3v) is 3.99. The quantitative estimate of drug-likeness (QED) is 0.888. The first-order chi connectivity index (χ1) is 10.9. The van der Waals surface area contributed by atoms with Gasteiger partial charge in [-0.1, -0.05) is 29.8 Å². The minimum absolute atomic E-state index is 0.178. The van der Waals surface area contributed by atoms with Crippen LogP contribution in [0.1, 0.15) is 19.4 Å². The van der Waals surface area contributed by atoms with Gasteiger partial charge in [-0.2, -0.15) is 0 Å². The third kappa shape index (κ3) is 3.59. The average molecular weight is 334 g/mol. The number of anilines is 1. The molecule has 0 heterocycles. The van der Waals surface area contributed by atoms with Gasteiger partial charge in [-0.15, -0.1) is 0 Å². The Morgan fingerprint density at radius 1 is 1.04 bits per heavy atom. The summed E-state index contributed by atoms with van der Waals surface area (Å²) in [7, 11) is 3.14. The predicted octanol–water partition coefficient (Wildman–Crippen LogP) is 4.27. The van der Waals surface area contributed by atoms with Gasteiger partial charge < -0.3 is 14.8 Å². The van der Waals surface area contributed by atoms with Crippen molar-refractivity contribution in [3.05, 3.63) is 53.1 Å². The predicted molar refractivity (Wildman–Crippen MR) is 92.7 cm³/mol. The van der Waals surface area contributed by atoms with Crippen LogP contribution in [0.2, 0.25) is 5.02 Å². The zero-order valence-electron chi connectivity index (χ0n) is 13.6. The number of rotatable bonds is 5. The van der Waals surface area contributed by atoms with E-state index in [0.29, 0.717) is 22.2 Å². The number of carbonyl (C=O) groups is 1. The van der Waals surface area contributed by atoms with E-state index < -0.39 is 5.41 Å². The number of ether oxygens (including phenoxy) is 2. The number of para-hydroxylation sites is 1. The van der Waals surface area contributed by atoms with Gasteiger partial charge in [-0.3, -0.25) is 4.79 Å². The van der Waals surface area contributed by atoms with Crippen molar-refractivity contribution in [3.63, 3.8) is 0 Å². The molecule has 2 rings (SSSR count). The molecule has 0 aromatic heterocycles. The molecule has 0 atom stereocenters. The van der Waals surface area contributed by atoms with Crippen LogP contribution in [0.5, 0.6) is 11.5 Å². The molecule has 2 aromatic carbocycles. The summed E-state index contributed by atoms with van der Waals surface area (Å²) in [5.74, 6) is 1.05. The molecule has 2 aromatic rings. The minimum Gasteiger partial charge on any atom is -0.496 e. The number of benzene rings is 2. The maximum absolute atomic E-state index is 12.8. The molecular formula is C18H20ClNO3. The third-order valence-electron chi connectivity index (χ3n) is 3.76. The number of hydrogen-bond donors (Lipinski definition) is 1. The van der Waals surface area contributed by atoms with Gasteiger partial charge in [0, 0.05) is 10.6 Å². The Bertz CT molecular complexity index is 713. The molecule has 0 unspecified atom stereocenters. The largest absolute Gasteiger partial charge is 0.496 e. The molecule has 0 fully saturated rings. The van der Waals surface area contributed by atoms with Gasteiger partial charge >= 0.3 is 0 Å². The van der Waals surface area contributed by atoms with Crippen molar-refractivity contribution in [1.82, 2.24) is 0 Å². The lowest BCUT2D eigenvalue weighted by molar-refractivity contribution is -0.120. The molecule has 122 valence electrons. The molecule has 0 radical (unpaired) electrons. The summed E-state index contributed by atoms with van der Waals surface area (Å²) in [6, 6.07) is 12.6. The van der Waals surface area contributed by atoms with Gasteiger partial charge in [-0.25, -0.2) is 0 Å². The molecule has 5 heteroatoms. The number of hydrogen-bond acceptors (Lipinski definition) is 3. The Balaban J connectivity index is 2.34. The number of amides is 1. The van der Waals surface area contributed by atoms with E-state index in [-0.39, 0.29) is 5.91 Å². The Hall–Kier alpha value is -2.20. The lowest BCUT2D eigenvalue weighted by atomic mass is 9.83. The molecule has 0 aliphatic rings. The van der Waals surface area contributed by atoms with Crippen LogP contribution in [0.3, 0.4) is 0 Å². The minimum atomic E-state index is -0.792. The molecule has 1 N–H and O–H groups in total. The summed E-state index contributed by atoms with van der Waals surface area (Å²) in [5, 5.41) is 3.41. The van der Waals surface area contributed by atoms with Crippen LogP contribution in [0, 0.1) is 0 Å². The number of halogens is 1. The van der Waals surface area contributed by atoms with Crippen LogP contribution in [0.25, 0.3) is 0 Å². The van der Waals surface area contributed by atoms with E-state index in [0.717, 1.165) is 5.56 Å². The molecule has 0 spiro atoms. The highest BCUT2D eigenvalue weighted by Crippen LogP contribution is 2.34. The fourth-order valence-corrected chi connectivity index (χ4v) is 2.51. The zero-order valence-corrected chi connectivity index (χ0v) is 14.4. The van der Waals surface area contributed by atoms with Gasteiger partial charge in [0.2, 0.25) is 5.91 Å². The first-order valence-electron chi connectivity index (χ1n) is 7.18. The van der Waals surface area contributed by atoms with Crippen molar-refractivity contribution >= 4 is 23.2 Å². The van der Waals surface area contributed by atoms with Gasteiger partial charge in [0.25, 0.3) is 0 Å². The van der Waals surface area contributed by atoms with Crippen LogP contribution in [-0.4, -0.2) is 20.1 Å². The molecule has 0 bridgehead atoms. The van der Waals surface area contributed by atoms with Crippen molar-refractivity contribution in [2.75, 3.05) is 19.5 Å². The van der Waals surface area contributed by atoms with Crippen molar-refractivity contribution in [3.8, 4) is 11.5 Å². The van der Waals surface area contributed by atoms with Gasteiger partial charge in [0.05, 0.1) is 25.3 Å². The van der Waals surface area contributed by atoms with E-state index in [4.69, 9.17) is 21.1 Å². The molecule has 0 saturated carbocycles. The molecule has 1 amide bonds. The van der Waals surface area contributed by atoms with Crippen molar-refractivity contribution in [1.29, 1.82) is 0 Å².